The molecule has 0 bridgehead atoms. The average molecular weight is 249 g/mol. The number of rotatable bonds is 2. The van der Waals surface area contributed by atoms with Crippen molar-refractivity contribution in [2.24, 2.45) is 0 Å². The van der Waals surface area contributed by atoms with Gasteiger partial charge in [-0.25, -0.2) is 4.98 Å². The highest BCUT2D eigenvalue weighted by atomic mass is 35.5. The molecule has 0 saturated heterocycles. The first kappa shape index (κ1) is 11.7. The van der Waals surface area contributed by atoms with Crippen LogP contribution in [0, 0.1) is 0 Å². The molecule has 0 radical (unpaired) electrons. The minimum Gasteiger partial charge on any atom is -0.383 e. The maximum atomic E-state index is 5.94. The molecule has 0 amide bonds. The van der Waals surface area contributed by atoms with Crippen molar-refractivity contribution in [3.63, 3.8) is 0 Å². The fourth-order valence-electron chi connectivity index (χ4n) is 1.48. The van der Waals surface area contributed by atoms with Crippen molar-refractivity contribution >= 4 is 23.4 Å². The lowest BCUT2D eigenvalue weighted by atomic mass is 10.1. The zero-order valence-electron chi connectivity index (χ0n) is 9.68. The lowest BCUT2D eigenvalue weighted by molar-refractivity contribution is 1.00. The lowest BCUT2D eigenvalue weighted by Gasteiger charge is -2.12. The number of anilines is 2. The fraction of sp³-hybridized carbons (Fsp3) is 0.167. The van der Waals surface area contributed by atoms with Crippen molar-refractivity contribution in [3.8, 4) is 11.1 Å². The Labute approximate surface area is 105 Å². The molecule has 0 unspecified atom stereocenters. The van der Waals surface area contributed by atoms with Gasteiger partial charge >= 0.3 is 0 Å². The van der Waals surface area contributed by atoms with Crippen molar-refractivity contribution in [1.82, 2.24) is 9.97 Å². The van der Waals surface area contributed by atoms with Gasteiger partial charge in [-0.2, -0.15) is 4.98 Å². The van der Waals surface area contributed by atoms with E-state index >= 15 is 0 Å². The second-order valence-electron chi connectivity index (χ2n) is 3.87. The summed E-state index contributed by atoms with van der Waals surface area (Å²) in [5.74, 6) is 1.04. The Morgan fingerprint density at radius 3 is 2.65 bits per heavy atom. The Kier molecular flexibility index (Phi) is 3.15. The Morgan fingerprint density at radius 1 is 1.29 bits per heavy atom. The summed E-state index contributed by atoms with van der Waals surface area (Å²) in [5.41, 5.74) is 7.63. The second kappa shape index (κ2) is 4.59. The summed E-state index contributed by atoms with van der Waals surface area (Å²) in [6.45, 7) is 0. The molecule has 1 aromatic carbocycles. The summed E-state index contributed by atoms with van der Waals surface area (Å²) in [5, 5.41) is 0.665. The normalized spacial score (nSPS) is 10.3. The number of halogens is 1. The highest BCUT2D eigenvalue weighted by Gasteiger charge is 2.07. The third-order valence-electron chi connectivity index (χ3n) is 2.34. The fourth-order valence-corrected chi connectivity index (χ4v) is 1.67. The van der Waals surface area contributed by atoms with Crippen LogP contribution in [0.5, 0.6) is 0 Å². The number of aromatic nitrogens is 2. The number of nitrogens with zero attached hydrogens (tertiary/aromatic N) is 3. The summed E-state index contributed by atoms with van der Waals surface area (Å²) in [4.78, 5) is 10.3. The van der Waals surface area contributed by atoms with Gasteiger partial charge in [0, 0.05) is 30.9 Å². The topological polar surface area (TPSA) is 55.0 Å². The van der Waals surface area contributed by atoms with Gasteiger partial charge in [-0.05, 0) is 17.7 Å². The standard InChI is InChI=1S/C12H13ClN4/c1-17(2)12-15-7-10(11(14)16-12)8-4-3-5-9(13)6-8/h3-7H,1-2H3,(H2,14,15,16). The van der Waals surface area contributed by atoms with Crippen LogP contribution in [-0.2, 0) is 0 Å². The largest absolute Gasteiger partial charge is 0.383 e. The predicted octanol–water partition coefficient (Wildman–Crippen LogP) is 2.45. The second-order valence-corrected chi connectivity index (χ2v) is 4.31. The quantitative estimate of drug-likeness (QED) is 0.887. The van der Waals surface area contributed by atoms with Crippen LogP contribution in [-0.4, -0.2) is 24.1 Å². The molecule has 0 fully saturated rings. The van der Waals surface area contributed by atoms with E-state index in [4.69, 9.17) is 17.3 Å². The Hall–Kier alpha value is -1.81. The number of hydrogen-bond donors (Lipinski definition) is 1. The molecular weight excluding hydrogens is 236 g/mol. The van der Waals surface area contributed by atoms with Crippen LogP contribution in [0.3, 0.4) is 0 Å². The SMILES string of the molecule is CN(C)c1ncc(-c2cccc(Cl)c2)c(N)n1. The number of hydrogen-bond acceptors (Lipinski definition) is 4. The number of nitrogen functional groups attached to an aromatic ring is 1. The van der Waals surface area contributed by atoms with Crippen LogP contribution < -0.4 is 10.6 Å². The molecule has 0 spiro atoms. The number of benzene rings is 1. The minimum atomic E-state index is 0.450. The first-order valence-electron chi connectivity index (χ1n) is 5.13. The van der Waals surface area contributed by atoms with Gasteiger partial charge in [-0.15, -0.1) is 0 Å². The molecule has 1 heterocycles. The Morgan fingerprint density at radius 2 is 2.06 bits per heavy atom. The molecule has 0 aliphatic heterocycles. The van der Waals surface area contributed by atoms with Crippen molar-refractivity contribution in [2.45, 2.75) is 0 Å². The third kappa shape index (κ3) is 2.47. The van der Waals surface area contributed by atoms with E-state index in [2.05, 4.69) is 9.97 Å². The summed E-state index contributed by atoms with van der Waals surface area (Å²) in [6, 6.07) is 7.45. The van der Waals surface area contributed by atoms with Crippen molar-refractivity contribution < 1.29 is 0 Å². The summed E-state index contributed by atoms with van der Waals surface area (Å²) < 4.78 is 0. The van der Waals surface area contributed by atoms with Crippen LogP contribution in [0.25, 0.3) is 11.1 Å². The zero-order chi connectivity index (χ0) is 12.4. The Bertz CT molecular complexity index is 540. The van der Waals surface area contributed by atoms with E-state index < -0.39 is 0 Å². The lowest BCUT2D eigenvalue weighted by Crippen LogP contribution is -2.13. The first-order chi connectivity index (χ1) is 8.08. The maximum Gasteiger partial charge on any atom is 0.226 e. The van der Waals surface area contributed by atoms with Gasteiger partial charge in [0.05, 0.1) is 0 Å². The van der Waals surface area contributed by atoms with Crippen LogP contribution >= 0.6 is 11.6 Å². The van der Waals surface area contributed by atoms with E-state index in [1.54, 1.807) is 11.1 Å². The molecule has 2 rings (SSSR count). The Balaban J connectivity index is 2.47. The van der Waals surface area contributed by atoms with Gasteiger partial charge in [0.2, 0.25) is 5.95 Å². The van der Waals surface area contributed by atoms with Gasteiger partial charge in [-0.3, -0.25) is 0 Å². The molecule has 0 saturated carbocycles. The van der Waals surface area contributed by atoms with E-state index in [1.165, 1.54) is 0 Å². The van der Waals surface area contributed by atoms with Gasteiger partial charge in [0.1, 0.15) is 5.82 Å². The monoisotopic (exact) mass is 248 g/mol. The van der Waals surface area contributed by atoms with Crippen molar-refractivity contribution in [2.75, 3.05) is 24.7 Å². The van der Waals surface area contributed by atoms with Gasteiger partial charge in [0.15, 0.2) is 0 Å². The summed E-state index contributed by atoms with van der Waals surface area (Å²) in [6.07, 6.45) is 1.71. The van der Waals surface area contributed by atoms with E-state index in [0.717, 1.165) is 11.1 Å². The molecule has 2 N–H and O–H groups in total. The van der Waals surface area contributed by atoms with Crippen molar-refractivity contribution in [1.29, 1.82) is 0 Å². The van der Waals surface area contributed by atoms with Crippen LogP contribution in [0.4, 0.5) is 11.8 Å². The smallest absolute Gasteiger partial charge is 0.226 e. The minimum absolute atomic E-state index is 0.450. The molecule has 2 aromatic rings. The molecule has 17 heavy (non-hydrogen) atoms. The van der Waals surface area contributed by atoms with E-state index in [9.17, 15) is 0 Å². The van der Waals surface area contributed by atoms with Gasteiger partial charge < -0.3 is 10.6 Å². The summed E-state index contributed by atoms with van der Waals surface area (Å²) in [7, 11) is 3.74. The van der Waals surface area contributed by atoms with E-state index in [-0.39, 0.29) is 0 Å². The van der Waals surface area contributed by atoms with Gasteiger partial charge in [-0.1, -0.05) is 23.7 Å². The third-order valence-corrected chi connectivity index (χ3v) is 2.58. The molecule has 5 heteroatoms. The van der Waals surface area contributed by atoms with E-state index in [1.807, 2.05) is 38.4 Å². The number of nitrogens with two attached hydrogens (primary N) is 1. The zero-order valence-corrected chi connectivity index (χ0v) is 10.4. The first-order valence-corrected chi connectivity index (χ1v) is 5.51. The summed E-state index contributed by atoms with van der Waals surface area (Å²) >= 11 is 5.94. The van der Waals surface area contributed by atoms with Crippen LogP contribution in [0.1, 0.15) is 0 Å². The molecule has 1 aromatic heterocycles. The molecule has 88 valence electrons. The molecule has 4 nitrogen and oxygen atoms in total. The predicted molar refractivity (Wildman–Crippen MR) is 71.2 cm³/mol. The van der Waals surface area contributed by atoms with Crippen LogP contribution in [0.2, 0.25) is 5.02 Å². The molecule has 0 aliphatic carbocycles. The molecular formula is C12H13ClN4. The van der Waals surface area contributed by atoms with Crippen molar-refractivity contribution in [3.05, 3.63) is 35.5 Å². The van der Waals surface area contributed by atoms with Gasteiger partial charge in [0.25, 0.3) is 0 Å². The highest BCUT2D eigenvalue weighted by molar-refractivity contribution is 6.30. The van der Waals surface area contributed by atoms with Crippen LogP contribution in [0.15, 0.2) is 30.5 Å². The maximum absolute atomic E-state index is 5.94. The molecule has 0 aliphatic rings. The highest BCUT2D eigenvalue weighted by Crippen LogP contribution is 2.26. The van der Waals surface area contributed by atoms with E-state index in [0.29, 0.717) is 16.8 Å². The molecule has 0 atom stereocenters. The average Bonchev–Trinajstić information content (AvgIpc) is 2.28.